The van der Waals surface area contributed by atoms with Gasteiger partial charge in [0.25, 0.3) is 5.91 Å². The van der Waals surface area contributed by atoms with Gasteiger partial charge in [0.1, 0.15) is 11.6 Å². The van der Waals surface area contributed by atoms with Crippen molar-refractivity contribution in [2.45, 2.75) is 13.3 Å². The third kappa shape index (κ3) is 4.69. The van der Waals surface area contributed by atoms with Crippen LogP contribution < -0.4 is 5.32 Å². The van der Waals surface area contributed by atoms with Crippen molar-refractivity contribution in [1.29, 1.82) is 5.26 Å². The Morgan fingerprint density at radius 2 is 2.00 bits per heavy atom. The van der Waals surface area contributed by atoms with E-state index in [2.05, 4.69) is 28.2 Å². The number of nitrogens with one attached hydrogen (secondary N) is 1. The molecule has 0 unspecified atom stereocenters. The average Bonchev–Trinajstić information content (AvgIpc) is 2.56. The summed E-state index contributed by atoms with van der Waals surface area (Å²) in [5, 5.41) is 12.6. The molecule has 0 saturated carbocycles. The second-order valence-electron chi connectivity index (χ2n) is 4.84. The number of anilines is 1. The molecule has 1 amide bonds. The summed E-state index contributed by atoms with van der Waals surface area (Å²) in [6.45, 7) is 2.06. The van der Waals surface area contributed by atoms with E-state index in [4.69, 9.17) is 11.6 Å². The fraction of sp³-hybridized carbons (Fsp3) is 0.111. The van der Waals surface area contributed by atoms with Crippen LogP contribution in [0.1, 0.15) is 18.1 Å². The first-order chi connectivity index (χ1) is 11.0. The van der Waals surface area contributed by atoms with E-state index in [9.17, 15) is 10.1 Å². The Morgan fingerprint density at radius 1 is 1.30 bits per heavy atom. The van der Waals surface area contributed by atoms with E-state index in [1.807, 2.05) is 24.3 Å². The number of hydrogen-bond donors (Lipinski definition) is 1. The molecule has 0 aromatic heterocycles. The molecule has 0 aliphatic carbocycles. The molecular weight excluding hydrogens is 376 g/mol. The number of aryl methyl sites for hydroxylation is 1. The molecule has 0 aliphatic rings. The number of nitriles is 1. The van der Waals surface area contributed by atoms with Gasteiger partial charge in [0, 0.05) is 9.50 Å². The van der Waals surface area contributed by atoms with Gasteiger partial charge in [-0.15, -0.1) is 0 Å². The first-order valence-corrected chi connectivity index (χ1v) is 8.17. The summed E-state index contributed by atoms with van der Waals surface area (Å²) in [6.07, 6.45) is 2.44. The lowest BCUT2D eigenvalue weighted by atomic mass is 10.1. The molecule has 2 aromatic carbocycles. The second-order valence-corrected chi connectivity index (χ2v) is 6.13. The van der Waals surface area contributed by atoms with Gasteiger partial charge in [-0.3, -0.25) is 4.79 Å². The van der Waals surface area contributed by atoms with E-state index in [1.165, 1.54) is 6.08 Å². The van der Waals surface area contributed by atoms with Crippen LogP contribution in [0.15, 0.2) is 52.5 Å². The maximum atomic E-state index is 12.3. The number of rotatable bonds is 4. The Bertz CT molecular complexity index is 792. The summed E-state index contributed by atoms with van der Waals surface area (Å²) in [4.78, 5) is 12.3. The molecule has 2 rings (SSSR count). The van der Waals surface area contributed by atoms with Crippen LogP contribution in [-0.4, -0.2) is 5.91 Å². The first kappa shape index (κ1) is 17.3. The number of benzene rings is 2. The molecule has 0 heterocycles. The second kappa shape index (κ2) is 7.96. The molecule has 3 nitrogen and oxygen atoms in total. The highest BCUT2D eigenvalue weighted by Crippen LogP contribution is 2.24. The zero-order valence-corrected chi connectivity index (χ0v) is 14.8. The summed E-state index contributed by atoms with van der Waals surface area (Å²) in [5.74, 6) is -0.451. The minimum absolute atomic E-state index is 0.0267. The van der Waals surface area contributed by atoms with Crippen molar-refractivity contribution in [2.75, 3.05) is 5.32 Å². The molecule has 0 radical (unpaired) electrons. The van der Waals surface area contributed by atoms with Crippen LogP contribution in [0.2, 0.25) is 5.02 Å². The van der Waals surface area contributed by atoms with E-state index >= 15 is 0 Å². The van der Waals surface area contributed by atoms with Gasteiger partial charge < -0.3 is 5.32 Å². The monoisotopic (exact) mass is 388 g/mol. The van der Waals surface area contributed by atoms with Crippen LogP contribution in [-0.2, 0) is 11.2 Å². The highest BCUT2D eigenvalue weighted by molar-refractivity contribution is 9.10. The Balaban J connectivity index is 2.21. The molecule has 0 fully saturated rings. The highest BCUT2D eigenvalue weighted by Gasteiger charge is 2.11. The molecule has 0 bridgehead atoms. The number of carbonyl (C=O) groups is 1. The highest BCUT2D eigenvalue weighted by atomic mass is 79.9. The molecule has 0 spiro atoms. The van der Waals surface area contributed by atoms with Crippen LogP contribution in [0, 0.1) is 11.3 Å². The molecule has 116 valence electrons. The van der Waals surface area contributed by atoms with E-state index in [0.29, 0.717) is 10.7 Å². The predicted molar refractivity (Wildman–Crippen MR) is 97.2 cm³/mol. The Kier molecular flexibility index (Phi) is 5.97. The smallest absolute Gasteiger partial charge is 0.266 e. The largest absolute Gasteiger partial charge is 0.320 e. The lowest BCUT2D eigenvalue weighted by Crippen LogP contribution is -2.13. The van der Waals surface area contributed by atoms with Crippen LogP contribution in [0.25, 0.3) is 6.08 Å². The Hall–Kier alpha value is -2.09. The minimum atomic E-state index is -0.451. The maximum absolute atomic E-state index is 12.3. The van der Waals surface area contributed by atoms with Gasteiger partial charge in [-0.25, -0.2) is 0 Å². The zero-order chi connectivity index (χ0) is 16.8. The molecular formula is C18H14BrClN2O. The third-order valence-corrected chi connectivity index (χ3v) is 4.14. The van der Waals surface area contributed by atoms with Crippen molar-refractivity contribution in [3.05, 3.63) is 68.7 Å². The number of hydrogen-bond acceptors (Lipinski definition) is 2. The quantitative estimate of drug-likeness (QED) is 0.576. The summed E-state index contributed by atoms with van der Waals surface area (Å²) < 4.78 is 0.786. The number of amides is 1. The van der Waals surface area contributed by atoms with Crippen LogP contribution >= 0.6 is 27.5 Å². The number of nitrogens with zero attached hydrogens (tertiary/aromatic N) is 1. The number of carbonyl (C=O) groups excluding carboxylic acids is 1. The molecule has 0 saturated heterocycles. The summed E-state index contributed by atoms with van der Waals surface area (Å²) in [5.41, 5.74) is 2.55. The number of halogens is 2. The van der Waals surface area contributed by atoms with Crippen LogP contribution in [0.3, 0.4) is 0 Å². The Morgan fingerprint density at radius 3 is 2.57 bits per heavy atom. The third-order valence-electron chi connectivity index (χ3n) is 3.24. The van der Waals surface area contributed by atoms with Crippen molar-refractivity contribution < 1.29 is 4.79 Å². The standard InChI is InChI=1S/C18H14BrClN2O/c1-2-12-5-8-17(16(19)10-12)22-18(23)14(11-21)9-13-3-6-15(20)7-4-13/h3-10H,2H2,1H3,(H,22,23)/b14-9+. The van der Waals surface area contributed by atoms with Gasteiger partial charge in [-0.1, -0.05) is 36.7 Å². The maximum Gasteiger partial charge on any atom is 0.266 e. The fourth-order valence-electron chi connectivity index (χ4n) is 1.94. The van der Waals surface area contributed by atoms with Crippen molar-refractivity contribution in [3.63, 3.8) is 0 Å². The van der Waals surface area contributed by atoms with Gasteiger partial charge in [0.05, 0.1) is 5.69 Å². The molecule has 2 aromatic rings. The summed E-state index contributed by atoms with van der Waals surface area (Å²) >= 11 is 9.25. The summed E-state index contributed by atoms with van der Waals surface area (Å²) in [6, 6.07) is 14.5. The van der Waals surface area contributed by atoms with Gasteiger partial charge in [-0.2, -0.15) is 5.26 Å². The molecule has 0 aliphatic heterocycles. The molecule has 0 atom stereocenters. The van der Waals surface area contributed by atoms with Crippen molar-refractivity contribution in [1.82, 2.24) is 0 Å². The van der Waals surface area contributed by atoms with Gasteiger partial charge in [0.15, 0.2) is 0 Å². The lowest BCUT2D eigenvalue weighted by molar-refractivity contribution is -0.112. The normalized spacial score (nSPS) is 11.0. The van der Waals surface area contributed by atoms with Crippen molar-refractivity contribution in [2.24, 2.45) is 0 Å². The van der Waals surface area contributed by atoms with Gasteiger partial charge >= 0.3 is 0 Å². The lowest BCUT2D eigenvalue weighted by Gasteiger charge is -2.08. The minimum Gasteiger partial charge on any atom is -0.320 e. The Labute approximate surface area is 148 Å². The van der Waals surface area contributed by atoms with Crippen LogP contribution in [0.4, 0.5) is 5.69 Å². The van der Waals surface area contributed by atoms with Gasteiger partial charge in [0.2, 0.25) is 0 Å². The van der Waals surface area contributed by atoms with E-state index in [0.717, 1.165) is 22.0 Å². The van der Waals surface area contributed by atoms with Crippen molar-refractivity contribution in [3.8, 4) is 6.07 Å². The van der Waals surface area contributed by atoms with E-state index < -0.39 is 5.91 Å². The SMILES string of the molecule is CCc1ccc(NC(=O)/C(C#N)=C/c2ccc(Cl)cc2)c(Br)c1. The first-order valence-electron chi connectivity index (χ1n) is 7.00. The zero-order valence-electron chi connectivity index (χ0n) is 12.4. The fourth-order valence-corrected chi connectivity index (χ4v) is 2.60. The summed E-state index contributed by atoms with van der Waals surface area (Å²) in [7, 11) is 0. The molecule has 5 heteroatoms. The van der Waals surface area contributed by atoms with E-state index in [1.54, 1.807) is 24.3 Å². The van der Waals surface area contributed by atoms with Gasteiger partial charge in [-0.05, 0) is 63.8 Å². The van der Waals surface area contributed by atoms with Crippen molar-refractivity contribution >= 4 is 45.2 Å². The van der Waals surface area contributed by atoms with Crippen LogP contribution in [0.5, 0.6) is 0 Å². The topological polar surface area (TPSA) is 52.9 Å². The van der Waals surface area contributed by atoms with E-state index in [-0.39, 0.29) is 5.57 Å². The predicted octanol–water partition coefficient (Wildman–Crippen LogP) is 5.21. The molecule has 23 heavy (non-hydrogen) atoms. The molecule has 1 N–H and O–H groups in total. The average molecular weight is 390 g/mol.